The van der Waals surface area contributed by atoms with E-state index in [-0.39, 0.29) is 18.6 Å². The number of benzene rings is 1. The molecule has 29 heavy (non-hydrogen) atoms. The Labute approximate surface area is 176 Å². The summed E-state index contributed by atoms with van der Waals surface area (Å²) in [6.45, 7) is 6.13. The third-order valence-electron chi connectivity index (χ3n) is 4.99. The lowest BCUT2D eigenvalue weighted by atomic mass is 10.1. The van der Waals surface area contributed by atoms with Crippen LogP contribution in [0.25, 0.3) is 0 Å². The zero-order chi connectivity index (χ0) is 21.0. The SMILES string of the molecule is CC(C)(C)OC(=O)N1CSC[C@H]1C(=O)N1CCC[C@H]1C(O)COc1ccccc1. The smallest absolute Gasteiger partial charge is 0.411 e. The van der Waals surface area contributed by atoms with Crippen LogP contribution in [0.15, 0.2) is 30.3 Å². The molecule has 3 atom stereocenters. The van der Waals surface area contributed by atoms with Gasteiger partial charge in [-0.1, -0.05) is 18.2 Å². The van der Waals surface area contributed by atoms with Crippen molar-refractivity contribution in [3.63, 3.8) is 0 Å². The monoisotopic (exact) mass is 422 g/mol. The number of ether oxygens (including phenoxy) is 2. The Kier molecular flexibility index (Phi) is 6.95. The molecule has 1 N–H and O–H groups in total. The van der Waals surface area contributed by atoms with Gasteiger partial charge in [-0.3, -0.25) is 9.69 Å². The van der Waals surface area contributed by atoms with Gasteiger partial charge in [0, 0.05) is 12.3 Å². The second-order valence-electron chi connectivity index (χ2n) is 8.40. The number of para-hydroxylation sites is 1. The molecule has 1 unspecified atom stereocenters. The van der Waals surface area contributed by atoms with Crippen LogP contribution in [-0.4, -0.2) is 75.5 Å². The molecule has 1 aromatic carbocycles. The summed E-state index contributed by atoms with van der Waals surface area (Å²) < 4.78 is 11.1. The van der Waals surface area contributed by atoms with E-state index >= 15 is 0 Å². The van der Waals surface area contributed by atoms with E-state index in [2.05, 4.69) is 0 Å². The van der Waals surface area contributed by atoms with Crippen LogP contribution in [0.5, 0.6) is 5.75 Å². The molecular formula is C21H30N2O5S. The van der Waals surface area contributed by atoms with Crippen LogP contribution in [0, 0.1) is 0 Å². The molecule has 0 saturated carbocycles. The molecule has 2 heterocycles. The summed E-state index contributed by atoms with van der Waals surface area (Å²) >= 11 is 1.54. The lowest BCUT2D eigenvalue weighted by Gasteiger charge is -2.33. The van der Waals surface area contributed by atoms with Gasteiger partial charge in [-0.2, -0.15) is 0 Å². The Morgan fingerprint density at radius 3 is 2.66 bits per heavy atom. The van der Waals surface area contributed by atoms with Crippen LogP contribution in [0.3, 0.4) is 0 Å². The second-order valence-corrected chi connectivity index (χ2v) is 9.40. The number of aliphatic hydroxyl groups excluding tert-OH is 1. The van der Waals surface area contributed by atoms with E-state index in [4.69, 9.17) is 9.47 Å². The molecule has 2 saturated heterocycles. The zero-order valence-electron chi connectivity index (χ0n) is 17.2. The van der Waals surface area contributed by atoms with E-state index in [1.54, 1.807) is 4.90 Å². The number of aliphatic hydroxyl groups is 1. The summed E-state index contributed by atoms with van der Waals surface area (Å²) in [7, 11) is 0. The maximum atomic E-state index is 13.2. The van der Waals surface area contributed by atoms with Crippen molar-refractivity contribution in [2.24, 2.45) is 0 Å². The Hall–Kier alpha value is -1.93. The summed E-state index contributed by atoms with van der Waals surface area (Å²) in [4.78, 5) is 29.0. The van der Waals surface area contributed by atoms with Crippen molar-refractivity contribution in [2.75, 3.05) is 24.8 Å². The van der Waals surface area contributed by atoms with Gasteiger partial charge < -0.3 is 19.5 Å². The first-order chi connectivity index (χ1) is 13.8. The van der Waals surface area contributed by atoms with Gasteiger partial charge in [-0.05, 0) is 45.7 Å². The van der Waals surface area contributed by atoms with Gasteiger partial charge in [-0.25, -0.2) is 4.79 Å². The Morgan fingerprint density at radius 1 is 1.24 bits per heavy atom. The van der Waals surface area contributed by atoms with Gasteiger partial charge in [0.2, 0.25) is 5.91 Å². The van der Waals surface area contributed by atoms with Crippen molar-refractivity contribution in [1.82, 2.24) is 9.80 Å². The zero-order valence-corrected chi connectivity index (χ0v) is 18.1. The van der Waals surface area contributed by atoms with Crippen LogP contribution in [0.2, 0.25) is 0 Å². The van der Waals surface area contributed by atoms with Crippen molar-refractivity contribution in [1.29, 1.82) is 0 Å². The fraction of sp³-hybridized carbons (Fsp3) is 0.619. The topological polar surface area (TPSA) is 79.3 Å². The van der Waals surface area contributed by atoms with Gasteiger partial charge >= 0.3 is 6.09 Å². The van der Waals surface area contributed by atoms with E-state index in [0.29, 0.717) is 23.9 Å². The van der Waals surface area contributed by atoms with Crippen molar-refractivity contribution < 1.29 is 24.2 Å². The molecule has 0 aliphatic carbocycles. The molecule has 1 aromatic rings. The first-order valence-electron chi connectivity index (χ1n) is 10.00. The lowest BCUT2D eigenvalue weighted by Crippen LogP contribution is -2.54. The van der Waals surface area contributed by atoms with E-state index in [9.17, 15) is 14.7 Å². The Balaban J connectivity index is 1.62. The Morgan fingerprint density at radius 2 is 1.97 bits per heavy atom. The fourth-order valence-electron chi connectivity index (χ4n) is 3.61. The molecular weight excluding hydrogens is 392 g/mol. The quantitative estimate of drug-likeness (QED) is 0.786. The molecule has 7 nitrogen and oxygen atoms in total. The van der Waals surface area contributed by atoms with Crippen molar-refractivity contribution in [3.8, 4) is 5.75 Å². The van der Waals surface area contributed by atoms with Crippen LogP contribution in [0.4, 0.5) is 4.79 Å². The van der Waals surface area contributed by atoms with E-state index in [1.165, 1.54) is 16.7 Å². The molecule has 2 fully saturated rings. The van der Waals surface area contributed by atoms with Crippen molar-refractivity contribution >= 4 is 23.8 Å². The molecule has 2 aliphatic heterocycles. The highest BCUT2D eigenvalue weighted by Gasteiger charge is 2.43. The fourth-order valence-corrected chi connectivity index (χ4v) is 4.75. The minimum absolute atomic E-state index is 0.119. The summed E-state index contributed by atoms with van der Waals surface area (Å²) in [5.74, 6) is 1.54. The van der Waals surface area contributed by atoms with Crippen LogP contribution < -0.4 is 4.74 Å². The number of nitrogens with zero attached hydrogens (tertiary/aromatic N) is 2. The minimum Gasteiger partial charge on any atom is -0.491 e. The summed E-state index contributed by atoms with van der Waals surface area (Å²) in [5, 5.41) is 10.7. The third kappa shape index (κ3) is 5.57. The summed E-state index contributed by atoms with van der Waals surface area (Å²) in [6.07, 6.45) is 0.290. The first kappa shape index (κ1) is 21.8. The minimum atomic E-state index is -0.786. The highest BCUT2D eigenvalue weighted by Crippen LogP contribution is 2.29. The molecule has 0 spiro atoms. The molecule has 3 rings (SSSR count). The number of carbonyl (C=O) groups excluding carboxylic acids is 2. The number of hydrogen-bond acceptors (Lipinski definition) is 6. The highest BCUT2D eigenvalue weighted by molar-refractivity contribution is 7.99. The number of amides is 2. The average molecular weight is 423 g/mol. The van der Waals surface area contributed by atoms with Gasteiger partial charge in [-0.15, -0.1) is 11.8 Å². The third-order valence-corrected chi connectivity index (χ3v) is 6.00. The first-order valence-corrected chi connectivity index (χ1v) is 11.2. The maximum absolute atomic E-state index is 13.2. The highest BCUT2D eigenvalue weighted by atomic mass is 32.2. The standard InChI is InChI=1S/C21H30N2O5S/c1-21(2,3)28-20(26)23-14-29-13-17(23)19(25)22-11-7-10-16(22)18(24)12-27-15-8-5-4-6-9-15/h4-6,8-9,16-18,24H,7,10-14H2,1-3H3/t16-,17-,18?/m0/s1. The molecule has 2 amide bonds. The van der Waals surface area contributed by atoms with Gasteiger partial charge in [0.1, 0.15) is 30.1 Å². The van der Waals surface area contributed by atoms with Crippen molar-refractivity contribution in [3.05, 3.63) is 30.3 Å². The normalized spacial score (nSPS) is 23.2. The number of rotatable bonds is 5. The number of carbonyl (C=O) groups is 2. The van der Waals surface area contributed by atoms with Gasteiger partial charge in [0.15, 0.2) is 0 Å². The van der Waals surface area contributed by atoms with Crippen LogP contribution in [0.1, 0.15) is 33.6 Å². The lowest BCUT2D eigenvalue weighted by molar-refractivity contribution is -0.138. The predicted molar refractivity (Wildman–Crippen MR) is 112 cm³/mol. The van der Waals surface area contributed by atoms with E-state index in [1.807, 2.05) is 51.1 Å². The Bertz CT molecular complexity index is 709. The molecule has 8 heteroatoms. The van der Waals surface area contributed by atoms with Crippen molar-refractivity contribution in [2.45, 2.75) is 57.4 Å². The summed E-state index contributed by atoms with van der Waals surface area (Å²) in [5.41, 5.74) is -0.612. The number of likely N-dealkylation sites (tertiary alicyclic amines) is 1. The van der Waals surface area contributed by atoms with E-state index in [0.717, 1.165) is 12.8 Å². The molecule has 0 bridgehead atoms. The average Bonchev–Trinajstić information content (AvgIpc) is 3.34. The second kappa shape index (κ2) is 9.26. The molecule has 160 valence electrons. The van der Waals surface area contributed by atoms with Gasteiger partial charge in [0.25, 0.3) is 0 Å². The molecule has 0 aromatic heterocycles. The largest absolute Gasteiger partial charge is 0.491 e. The number of hydrogen-bond donors (Lipinski definition) is 1. The molecule has 2 aliphatic rings. The predicted octanol–water partition coefficient (Wildman–Crippen LogP) is 2.73. The van der Waals surface area contributed by atoms with Crippen LogP contribution >= 0.6 is 11.8 Å². The van der Waals surface area contributed by atoms with E-state index < -0.39 is 23.8 Å². The molecule has 0 radical (unpaired) electrons. The number of thioether (sulfide) groups is 1. The maximum Gasteiger partial charge on any atom is 0.411 e. The van der Waals surface area contributed by atoms with Crippen LogP contribution in [-0.2, 0) is 9.53 Å². The summed E-state index contributed by atoms with van der Waals surface area (Å²) in [6, 6.07) is 8.44. The van der Waals surface area contributed by atoms with Gasteiger partial charge in [0.05, 0.1) is 11.9 Å².